The van der Waals surface area contributed by atoms with Gasteiger partial charge in [0.2, 0.25) is 5.91 Å². The number of para-hydroxylation sites is 2. The predicted molar refractivity (Wildman–Crippen MR) is 79.2 cm³/mol. The minimum Gasteiger partial charge on any atom is -0.346 e. The third kappa shape index (κ3) is 2.69. The highest BCUT2D eigenvalue weighted by Gasteiger charge is 2.23. The number of nitrogens with zero attached hydrogens (tertiary/aromatic N) is 1. The Labute approximate surface area is 119 Å². The number of fused-ring (bicyclic) bond motifs is 1. The Bertz CT molecular complexity index is 566. The Hall–Kier alpha value is -1.84. The molecule has 0 bridgehead atoms. The molecule has 1 amide bonds. The number of amides is 1. The van der Waals surface area contributed by atoms with Crippen LogP contribution in [0.5, 0.6) is 0 Å². The van der Waals surface area contributed by atoms with Crippen LogP contribution in [0.25, 0.3) is 11.0 Å². The van der Waals surface area contributed by atoms with Crippen LogP contribution in [0.1, 0.15) is 50.9 Å². The predicted octanol–water partition coefficient (Wildman–Crippen LogP) is 3.32. The van der Waals surface area contributed by atoms with Gasteiger partial charge in [-0.1, -0.05) is 31.4 Å². The maximum Gasteiger partial charge on any atom is 0.223 e. The SMILES string of the molecule is C[C@@H](NC(=O)C1CCCCC1)c1nc2ccccc2[nH]1. The molecule has 1 aliphatic carbocycles. The molecule has 1 atom stereocenters. The van der Waals surface area contributed by atoms with Crippen LogP contribution in [0, 0.1) is 5.92 Å². The summed E-state index contributed by atoms with van der Waals surface area (Å²) in [5.41, 5.74) is 1.96. The summed E-state index contributed by atoms with van der Waals surface area (Å²) >= 11 is 0. The highest BCUT2D eigenvalue weighted by atomic mass is 16.1. The van der Waals surface area contributed by atoms with E-state index in [0.29, 0.717) is 0 Å². The first-order valence-corrected chi connectivity index (χ1v) is 7.49. The number of hydrogen-bond donors (Lipinski definition) is 2. The average Bonchev–Trinajstić information content (AvgIpc) is 2.92. The van der Waals surface area contributed by atoms with Crippen LogP contribution in [0.4, 0.5) is 0 Å². The van der Waals surface area contributed by atoms with Crippen molar-refractivity contribution in [3.63, 3.8) is 0 Å². The van der Waals surface area contributed by atoms with E-state index in [2.05, 4.69) is 15.3 Å². The Morgan fingerprint density at radius 3 is 2.80 bits per heavy atom. The van der Waals surface area contributed by atoms with Crippen LogP contribution in [0.15, 0.2) is 24.3 Å². The lowest BCUT2D eigenvalue weighted by Crippen LogP contribution is -2.34. The van der Waals surface area contributed by atoms with Crippen molar-refractivity contribution in [1.29, 1.82) is 0 Å². The third-order valence-corrected chi connectivity index (χ3v) is 4.15. The zero-order valence-corrected chi connectivity index (χ0v) is 11.9. The summed E-state index contributed by atoms with van der Waals surface area (Å²) in [6.07, 6.45) is 5.68. The summed E-state index contributed by atoms with van der Waals surface area (Å²) in [4.78, 5) is 20.1. The summed E-state index contributed by atoms with van der Waals surface area (Å²) in [6, 6.07) is 7.86. The summed E-state index contributed by atoms with van der Waals surface area (Å²) in [7, 11) is 0. The van der Waals surface area contributed by atoms with Crippen molar-refractivity contribution in [2.75, 3.05) is 0 Å². The van der Waals surface area contributed by atoms with Gasteiger partial charge >= 0.3 is 0 Å². The van der Waals surface area contributed by atoms with Crippen LogP contribution in [0.3, 0.4) is 0 Å². The number of carbonyl (C=O) groups is 1. The van der Waals surface area contributed by atoms with Crippen LogP contribution in [-0.2, 0) is 4.79 Å². The summed E-state index contributed by atoms with van der Waals surface area (Å²) in [5, 5.41) is 3.09. The minimum absolute atomic E-state index is 0.0724. The van der Waals surface area contributed by atoms with Gasteiger partial charge in [0.25, 0.3) is 0 Å². The second-order valence-corrected chi connectivity index (χ2v) is 5.70. The van der Waals surface area contributed by atoms with Gasteiger partial charge in [0.05, 0.1) is 17.1 Å². The van der Waals surface area contributed by atoms with Gasteiger partial charge in [-0.15, -0.1) is 0 Å². The van der Waals surface area contributed by atoms with Gasteiger partial charge < -0.3 is 10.3 Å². The molecule has 1 aromatic heterocycles. The van der Waals surface area contributed by atoms with E-state index in [1.165, 1.54) is 19.3 Å². The quantitative estimate of drug-likeness (QED) is 0.899. The van der Waals surface area contributed by atoms with Gasteiger partial charge in [0, 0.05) is 5.92 Å². The molecule has 2 N–H and O–H groups in total. The molecule has 4 nitrogen and oxygen atoms in total. The number of carbonyl (C=O) groups excluding carboxylic acids is 1. The summed E-state index contributed by atoms with van der Waals surface area (Å²) in [5.74, 6) is 1.20. The van der Waals surface area contributed by atoms with Gasteiger partial charge in [0.15, 0.2) is 0 Å². The Balaban J connectivity index is 1.68. The lowest BCUT2D eigenvalue weighted by Gasteiger charge is -2.22. The van der Waals surface area contributed by atoms with Crippen LogP contribution in [0.2, 0.25) is 0 Å². The van der Waals surface area contributed by atoms with Crippen LogP contribution >= 0.6 is 0 Å². The molecule has 2 aromatic rings. The molecule has 1 aromatic carbocycles. The molecule has 1 saturated carbocycles. The molecule has 3 rings (SSSR count). The number of benzene rings is 1. The molecule has 0 saturated heterocycles. The normalized spacial score (nSPS) is 18.1. The molecule has 0 spiro atoms. The molecule has 0 unspecified atom stereocenters. The van der Waals surface area contributed by atoms with E-state index in [1.54, 1.807) is 0 Å². The fraction of sp³-hybridized carbons (Fsp3) is 0.500. The van der Waals surface area contributed by atoms with Gasteiger partial charge in [-0.05, 0) is 31.9 Å². The average molecular weight is 271 g/mol. The number of nitrogens with one attached hydrogen (secondary N) is 2. The van der Waals surface area contributed by atoms with Gasteiger partial charge in [-0.2, -0.15) is 0 Å². The number of aromatic nitrogens is 2. The van der Waals surface area contributed by atoms with Crippen LogP contribution < -0.4 is 5.32 Å². The van der Waals surface area contributed by atoms with Gasteiger partial charge in [-0.3, -0.25) is 4.79 Å². The van der Waals surface area contributed by atoms with Crippen molar-refractivity contribution in [3.05, 3.63) is 30.1 Å². The molecule has 0 radical (unpaired) electrons. The monoisotopic (exact) mass is 271 g/mol. The first-order valence-electron chi connectivity index (χ1n) is 7.49. The number of rotatable bonds is 3. The molecular weight excluding hydrogens is 250 g/mol. The first-order chi connectivity index (χ1) is 9.74. The standard InChI is InChI=1S/C16H21N3O/c1-11(17-16(20)12-7-3-2-4-8-12)15-18-13-9-5-6-10-14(13)19-15/h5-6,9-12H,2-4,7-8H2,1H3,(H,17,20)(H,18,19)/t11-/m1/s1. The van der Waals surface area contributed by atoms with E-state index in [0.717, 1.165) is 29.7 Å². The number of aromatic amines is 1. The van der Waals surface area contributed by atoms with E-state index >= 15 is 0 Å². The fourth-order valence-corrected chi connectivity index (χ4v) is 2.94. The maximum absolute atomic E-state index is 12.2. The molecule has 0 aliphatic heterocycles. The Kier molecular flexibility index (Phi) is 3.72. The van der Waals surface area contributed by atoms with Crippen molar-refractivity contribution in [2.24, 2.45) is 5.92 Å². The van der Waals surface area contributed by atoms with Crippen molar-refractivity contribution < 1.29 is 4.79 Å². The lowest BCUT2D eigenvalue weighted by molar-refractivity contribution is -0.126. The van der Waals surface area contributed by atoms with Crippen molar-refractivity contribution in [1.82, 2.24) is 15.3 Å². The van der Waals surface area contributed by atoms with E-state index in [4.69, 9.17) is 0 Å². The highest BCUT2D eigenvalue weighted by Crippen LogP contribution is 2.24. The van der Waals surface area contributed by atoms with E-state index < -0.39 is 0 Å². The number of H-pyrrole nitrogens is 1. The molecule has 106 valence electrons. The summed E-state index contributed by atoms with van der Waals surface area (Å²) < 4.78 is 0. The largest absolute Gasteiger partial charge is 0.346 e. The zero-order chi connectivity index (χ0) is 13.9. The third-order valence-electron chi connectivity index (χ3n) is 4.15. The number of hydrogen-bond acceptors (Lipinski definition) is 2. The number of imidazole rings is 1. The first kappa shape index (κ1) is 13.2. The molecule has 1 aliphatic rings. The van der Waals surface area contributed by atoms with Crippen molar-refractivity contribution in [3.8, 4) is 0 Å². The van der Waals surface area contributed by atoms with E-state index in [1.807, 2.05) is 31.2 Å². The van der Waals surface area contributed by atoms with E-state index in [-0.39, 0.29) is 17.9 Å². The zero-order valence-electron chi connectivity index (χ0n) is 11.9. The van der Waals surface area contributed by atoms with Gasteiger partial charge in [-0.25, -0.2) is 4.98 Å². The molecule has 4 heteroatoms. The summed E-state index contributed by atoms with van der Waals surface area (Å²) in [6.45, 7) is 1.98. The minimum atomic E-state index is -0.0724. The smallest absolute Gasteiger partial charge is 0.223 e. The van der Waals surface area contributed by atoms with Gasteiger partial charge in [0.1, 0.15) is 5.82 Å². The van der Waals surface area contributed by atoms with Crippen LogP contribution in [-0.4, -0.2) is 15.9 Å². The molecule has 1 fully saturated rings. The fourth-order valence-electron chi connectivity index (χ4n) is 2.94. The lowest BCUT2D eigenvalue weighted by atomic mass is 9.88. The maximum atomic E-state index is 12.2. The molecule has 1 heterocycles. The van der Waals surface area contributed by atoms with Crippen molar-refractivity contribution in [2.45, 2.75) is 45.1 Å². The molecule has 20 heavy (non-hydrogen) atoms. The molecular formula is C16H21N3O. The topological polar surface area (TPSA) is 57.8 Å². The van der Waals surface area contributed by atoms with E-state index in [9.17, 15) is 4.79 Å². The second kappa shape index (κ2) is 5.65. The Morgan fingerprint density at radius 2 is 2.05 bits per heavy atom. The second-order valence-electron chi connectivity index (χ2n) is 5.70. The highest BCUT2D eigenvalue weighted by molar-refractivity contribution is 5.79. The Morgan fingerprint density at radius 1 is 1.30 bits per heavy atom. The van der Waals surface area contributed by atoms with Crippen molar-refractivity contribution >= 4 is 16.9 Å².